The van der Waals surface area contributed by atoms with Crippen molar-refractivity contribution in [2.45, 2.75) is 25.2 Å². The van der Waals surface area contributed by atoms with E-state index in [2.05, 4.69) is 0 Å². The highest BCUT2D eigenvalue weighted by molar-refractivity contribution is 4.63. The van der Waals surface area contributed by atoms with Crippen LogP contribution in [0.5, 0.6) is 0 Å². The Kier molecular flexibility index (Phi) is 6.23. The van der Waals surface area contributed by atoms with Crippen LogP contribution in [0.25, 0.3) is 0 Å². The zero-order valence-electron chi connectivity index (χ0n) is 7.05. The molecule has 5 heteroatoms. The molecule has 0 aliphatic heterocycles. The van der Waals surface area contributed by atoms with Crippen LogP contribution >= 0.6 is 0 Å². The molecule has 12 heavy (non-hydrogen) atoms. The topological polar surface area (TPSA) is 90.2 Å². The van der Waals surface area contributed by atoms with Crippen LogP contribution in [0.4, 0.5) is 0 Å². The summed E-state index contributed by atoms with van der Waals surface area (Å²) in [5.41, 5.74) is 0. The van der Waals surface area contributed by atoms with Crippen LogP contribution in [0.2, 0.25) is 0 Å². The SMILES string of the molecule is CC(O)C(CO)OCC(O)CO. The Labute approximate surface area is 71.2 Å². The Balaban J connectivity index is 3.58. The van der Waals surface area contributed by atoms with Crippen molar-refractivity contribution in [2.75, 3.05) is 19.8 Å². The molecule has 5 nitrogen and oxygen atoms in total. The van der Waals surface area contributed by atoms with Crippen molar-refractivity contribution in [3.05, 3.63) is 0 Å². The predicted octanol–water partition coefficient (Wildman–Crippen LogP) is -1.90. The molecule has 0 aromatic carbocycles. The van der Waals surface area contributed by atoms with E-state index in [9.17, 15) is 0 Å². The molecule has 0 bridgehead atoms. The largest absolute Gasteiger partial charge is 0.394 e. The summed E-state index contributed by atoms with van der Waals surface area (Å²) in [5.74, 6) is 0. The Hall–Kier alpha value is -0.200. The summed E-state index contributed by atoms with van der Waals surface area (Å²) in [5, 5.41) is 34.9. The molecule has 0 saturated carbocycles. The maximum Gasteiger partial charge on any atom is 0.106 e. The monoisotopic (exact) mass is 180 g/mol. The van der Waals surface area contributed by atoms with Crippen LogP contribution in [0.15, 0.2) is 0 Å². The molecule has 0 saturated heterocycles. The van der Waals surface area contributed by atoms with Crippen LogP contribution < -0.4 is 0 Å². The lowest BCUT2D eigenvalue weighted by Gasteiger charge is -2.19. The first-order valence-electron chi connectivity index (χ1n) is 3.81. The molecule has 3 atom stereocenters. The van der Waals surface area contributed by atoms with Crippen molar-refractivity contribution in [1.29, 1.82) is 0 Å². The lowest BCUT2D eigenvalue weighted by Crippen LogP contribution is -2.33. The van der Waals surface area contributed by atoms with Crippen LogP contribution in [0, 0.1) is 0 Å². The third kappa shape index (κ3) is 4.63. The minimum Gasteiger partial charge on any atom is -0.394 e. The van der Waals surface area contributed by atoms with Crippen molar-refractivity contribution < 1.29 is 25.2 Å². The molecule has 0 spiro atoms. The van der Waals surface area contributed by atoms with E-state index in [1.54, 1.807) is 0 Å². The van der Waals surface area contributed by atoms with E-state index in [0.29, 0.717) is 0 Å². The van der Waals surface area contributed by atoms with E-state index in [0.717, 1.165) is 0 Å². The molecule has 4 N–H and O–H groups in total. The van der Waals surface area contributed by atoms with Gasteiger partial charge in [0.05, 0.1) is 25.9 Å². The first kappa shape index (κ1) is 11.8. The minimum absolute atomic E-state index is 0.0906. The molecule has 0 aromatic rings. The Morgan fingerprint density at radius 3 is 2.08 bits per heavy atom. The quantitative estimate of drug-likeness (QED) is 0.383. The van der Waals surface area contributed by atoms with Crippen LogP contribution in [-0.4, -0.2) is 58.6 Å². The smallest absolute Gasteiger partial charge is 0.106 e. The van der Waals surface area contributed by atoms with Gasteiger partial charge in [-0.1, -0.05) is 0 Å². The number of aliphatic hydroxyl groups is 4. The second-order valence-corrected chi connectivity index (χ2v) is 2.63. The summed E-state index contributed by atoms with van der Waals surface area (Å²) in [6.07, 6.45) is -2.45. The molecule has 0 amide bonds. The maximum absolute atomic E-state index is 8.97. The van der Waals surface area contributed by atoms with Crippen molar-refractivity contribution in [3.63, 3.8) is 0 Å². The molecular weight excluding hydrogens is 164 g/mol. The molecule has 0 heterocycles. The summed E-state index contributed by atoms with van der Waals surface area (Å²) in [4.78, 5) is 0. The van der Waals surface area contributed by atoms with E-state index in [1.165, 1.54) is 6.92 Å². The fourth-order valence-corrected chi connectivity index (χ4v) is 0.632. The number of hydrogen-bond acceptors (Lipinski definition) is 5. The van der Waals surface area contributed by atoms with E-state index < -0.39 is 24.9 Å². The molecule has 3 unspecified atom stereocenters. The van der Waals surface area contributed by atoms with Gasteiger partial charge in [-0.05, 0) is 6.92 Å². The Bertz CT molecular complexity index is 106. The number of ether oxygens (including phenoxy) is 1. The Morgan fingerprint density at radius 2 is 1.75 bits per heavy atom. The Morgan fingerprint density at radius 1 is 1.17 bits per heavy atom. The van der Waals surface area contributed by atoms with Gasteiger partial charge in [-0.2, -0.15) is 0 Å². The number of aliphatic hydroxyl groups excluding tert-OH is 4. The molecular formula is C7H16O5. The van der Waals surface area contributed by atoms with Gasteiger partial charge in [-0.25, -0.2) is 0 Å². The van der Waals surface area contributed by atoms with Gasteiger partial charge in [0.2, 0.25) is 0 Å². The van der Waals surface area contributed by atoms with Gasteiger partial charge in [0.25, 0.3) is 0 Å². The van der Waals surface area contributed by atoms with E-state index in [1.807, 2.05) is 0 Å². The predicted molar refractivity (Wildman–Crippen MR) is 41.6 cm³/mol. The average molecular weight is 180 g/mol. The number of rotatable bonds is 6. The van der Waals surface area contributed by atoms with Gasteiger partial charge >= 0.3 is 0 Å². The molecule has 0 radical (unpaired) electrons. The van der Waals surface area contributed by atoms with Gasteiger partial charge in [0.1, 0.15) is 12.2 Å². The summed E-state index contributed by atoms with van der Waals surface area (Å²) >= 11 is 0. The zero-order valence-corrected chi connectivity index (χ0v) is 7.05. The zero-order chi connectivity index (χ0) is 9.56. The fraction of sp³-hybridized carbons (Fsp3) is 1.00. The molecule has 0 aliphatic carbocycles. The summed E-state index contributed by atoms with van der Waals surface area (Å²) in [7, 11) is 0. The minimum atomic E-state index is -0.960. The van der Waals surface area contributed by atoms with Crippen molar-refractivity contribution in [1.82, 2.24) is 0 Å². The lowest BCUT2D eigenvalue weighted by molar-refractivity contribution is -0.0878. The molecule has 74 valence electrons. The van der Waals surface area contributed by atoms with E-state index in [-0.39, 0.29) is 13.2 Å². The fourth-order valence-electron chi connectivity index (χ4n) is 0.632. The van der Waals surface area contributed by atoms with Crippen LogP contribution in [0.1, 0.15) is 6.92 Å². The highest BCUT2D eigenvalue weighted by Gasteiger charge is 2.15. The average Bonchev–Trinajstić information content (AvgIpc) is 2.04. The first-order valence-corrected chi connectivity index (χ1v) is 3.81. The van der Waals surface area contributed by atoms with E-state index >= 15 is 0 Å². The van der Waals surface area contributed by atoms with Crippen LogP contribution in [0.3, 0.4) is 0 Å². The normalized spacial score (nSPS) is 18.8. The molecule has 0 aliphatic rings. The van der Waals surface area contributed by atoms with Gasteiger partial charge in [-0.3, -0.25) is 0 Å². The maximum atomic E-state index is 8.97. The summed E-state index contributed by atoms with van der Waals surface area (Å²) in [6.45, 7) is 0.687. The van der Waals surface area contributed by atoms with Crippen molar-refractivity contribution >= 4 is 0 Å². The summed E-state index contributed by atoms with van der Waals surface area (Å²) < 4.78 is 4.90. The van der Waals surface area contributed by atoms with Gasteiger partial charge in [0.15, 0.2) is 0 Å². The molecule has 0 fully saturated rings. The number of hydrogen-bond donors (Lipinski definition) is 4. The van der Waals surface area contributed by atoms with Gasteiger partial charge in [-0.15, -0.1) is 0 Å². The van der Waals surface area contributed by atoms with Crippen LogP contribution in [-0.2, 0) is 4.74 Å². The second-order valence-electron chi connectivity index (χ2n) is 2.63. The van der Waals surface area contributed by atoms with Crippen molar-refractivity contribution in [3.8, 4) is 0 Å². The lowest BCUT2D eigenvalue weighted by atomic mass is 10.2. The molecule has 0 aromatic heterocycles. The molecule has 0 rings (SSSR count). The summed E-state index contributed by atoms with van der Waals surface area (Å²) in [6, 6.07) is 0. The third-order valence-electron chi connectivity index (χ3n) is 1.43. The van der Waals surface area contributed by atoms with Crippen molar-refractivity contribution in [2.24, 2.45) is 0 Å². The van der Waals surface area contributed by atoms with Gasteiger partial charge < -0.3 is 25.2 Å². The first-order chi connectivity index (χ1) is 5.61. The standard InChI is InChI=1S/C7H16O5/c1-5(10)7(3-9)12-4-6(11)2-8/h5-11H,2-4H2,1H3. The second kappa shape index (κ2) is 6.33. The third-order valence-corrected chi connectivity index (χ3v) is 1.43. The van der Waals surface area contributed by atoms with Gasteiger partial charge in [0, 0.05) is 0 Å². The highest BCUT2D eigenvalue weighted by Crippen LogP contribution is 1.98. The van der Waals surface area contributed by atoms with E-state index in [4.69, 9.17) is 25.2 Å². The highest BCUT2D eigenvalue weighted by atomic mass is 16.5.